The lowest BCUT2D eigenvalue weighted by atomic mass is 10.1. The molecule has 0 bridgehead atoms. The summed E-state index contributed by atoms with van der Waals surface area (Å²) in [6.45, 7) is 1.27. The van der Waals surface area contributed by atoms with Crippen LogP contribution in [0.3, 0.4) is 0 Å². The van der Waals surface area contributed by atoms with E-state index in [0.717, 1.165) is 6.42 Å². The maximum absolute atomic E-state index is 13.6. The van der Waals surface area contributed by atoms with Crippen LogP contribution in [-0.2, 0) is 4.74 Å². The zero-order valence-electron chi connectivity index (χ0n) is 17.3. The quantitative estimate of drug-likeness (QED) is 0.534. The van der Waals surface area contributed by atoms with Gasteiger partial charge in [0.1, 0.15) is 11.5 Å². The predicted octanol–water partition coefficient (Wildman–Crippen LogP) is 2.78. The highest BCUT2D eigenvalue weighted by Gasteiger charge is 2.26. The molecule has 162 valence electrons. The van der Waals surface area contributed by atoms with Crippen LogP contribution in [0.15, 0.2) is 59.5 Å². The van der Waals surface area contributed by atoms with Gasteiger partial charge in [-0.25, -0.2) is 9.07 Å². The number of carbonyl (C=O) groups is 1. The third-order valence-electron chi connectivity index (χ3n) is 5.72. The third-order valence-corrected chi connectivity index (χ3v) is 5.72. The molecule has 0 spiro atoms. The Labute approximate surface area is 182 Å². The van der Waals surface area contributed by atoms with Gasteiger partial charge in [-0.15, -0.1) is 5.10 Å². The molecule has 0 radical (unpaired) electrons. The van der Waals surface area contributed by atoms with Crippen LogP contribution in [-0.4, -0.2) is 57.1 Å². The molecule has 1 atom stereocenters. The number of aromatic nitrogens is 4. The summed E-state index contributed by atoms with van der Waals surface area (Å²) in [6.07, 6.45) is 2.54. The van der Waals surface area contributed by atoms with Crippen molar-refractivity contribution in [1.82, 2.24) is 24.9 Å². The minimum Gasteiger partial charge on any atom is -0.380 e. The van der Waals surface area contributed by atoms with Crippen molar-refractivity contribution in [3.63, 3.8) is 0 Å². The molecule has 0 aliphatic carbocycles. The molecule has 2 aromatic carbocycles. The first-order valence-corrected chi connectivity index (χ1v) is 10.2. The zero-order chi connectivity index (χ0) is 22.2. The van der Waals surface area contributed by atoms with E-state index >= 15 is 0 Å². The number of methoxy groups -OCH3 is 1. The van der Waals surface area contributed by atoms with Crippen LogP contribution in [0.1, 0.15) is 16.8 Å². The lowest BCUT2D eigenvalue weighted by Gasteiger charge is -2.16. The van der Waals surface area contributed by atoms with Gasteiger partial charge in [-0.1, -0.05) is 5.21 Å². The monoisotopic (exact) mass is 433 g/mol. The fourth-order valence-electron chi connectivity index (χ4n) is 3.93. The molecule has 1 amide bonds. The number of carbonyl (C=O) groups excluding carboxylic acids is 1. The van der Waals surface area contributed by atoms with E-state index in [9.17, 15) is 14.0 Å². The lowest BCUT2D eigenvalue weighted by Crippen LogP contribution is -2.29. The van der Waals surface area contributed by atoms with E-state index in [1.165, 1.54) is 22.9 Å². The van der Waals surface area contributed by atoms with Gasteiger partial charge in [-0.3, -0.25) is 9.59 Å². The fourth-order valence-corrected chi connectivity index (χ4v) is 3.93. The fraction of sp³-hybridized carbons (Fsp3) is 0.217. The molecule has 5 rings (SSSR count). The molecule has 1 saturated heterocycles. The molecule has 1 fully saturated rings. The molecule has 8 nitrogen and oxygen atoms in total. The summed E-state index contributed by atoms with van der Waals surface area (Å²) in [5, 5.41) is 8.77. The number of benzene rings is 2. The number of hydrogen-bond donors (Lipinski definition) is 1. The van der Waals surface area contributed by atoms with E-state index in [-0.39, 0.29) is 23.4 Å². The number of hydrogen-bond acceptors (Lipinski definition) is 5. The number of halogens is 1. The number of nitrogens with zero attached hydrogens (tertiary/aromatic N) is 4. The second kappa shape index (κ2) is 8.01. The van der Waals surface area contributed by atoms with Crippen LogP contribution in [0.4, 0.5) is 4.39 Å². The van der Waals surface area contributed by atoms with E-state index < -0.39 is 0 Å². The molecule has 32 heavy (non-hydrogen) atoms. The Kier molecular flexibility index (Phi) is 5.02. The van der Waals surface area contributed by atoms with Gasteiger partial charge in [-0.2, -0.15) is 0 Å². The van der Waals surface area contributed by atoms with Crippen LogP contribution in [0.2, 0.25) is 0 Å². The van der Waals surface area contributed by atoms with Gasteiger partial charge in [0.15, 0.2) is 0 Å². The van der Waals surface area contributed by atoms with E-state index in [1.807, 2.05) is 0 Å². The molecular weight excluding hydrogens is 413 g/mol. The minimum absolute atomic E-state index is 0.0368. The Morgan fingerprint density at radius 2 is 2.00 bits per heavy atom. The summed E-state index contributed by atoms with van der Waals surface area (Å²) in [5.74, 6) is -0.425. The van der Waals surface area contributed by atoms with E-state index in [1.54, 1.807) is 48.5 Å². The first kappa shape index (κ1) is 20.1. The number of ether oxygens (including phenoxy) is 1. The number of H-pyrrole nitrogens is 1. The van der Waals surface area contributed by atoms with Crippen molar-refractivity contribution in [1.29, 1.82) is 0 Å². The van der Waals surface area contributed by atoms with Crippen molar-refractivity contribution in [3.8, 4) is 16.9 Å². The van der Waals surface area contributed by atoms with Gasteiger partial charge >= 0.3 is 0 Å². The number of pyridine rings is 1. The molecule has 0 saturated carbocycles. The highest BCUT2D eigenvalue weighted by molar-refractivity contribution is 5.94. The first-order chi connectivity index (χ1) is 15.5. The lowest BCUT2D eigenvalue weighted by molar-refractivity contribution is 0.0724. The van der Waals surface area contributed by atoms with Crippen molar-refractivity contribution in [2.24, 2.45) is 0 Å². The molecule has 9 heteroatoms. The van der Waals surface area contributed by atoms with Crippen LogP contribution in [0.5, 0.6) is 0 Å². The molecule has 1 N–H and O–H groups in total. The van der Waals surface area contributed by atoms with Gasteiger partial charge < -0.3 is 14.6 Å². The van der Waals surface area contributed by atoms with Crippen molar-refractivity contribution in [2.75, 3.05) is 20.2 Å². The maximum atomic E-state index is 13.6. The van der Waals surface area contributed by atoms with Crippen LogP contribution < -0.4 is 5.56 Å². The van der Waals surface area contributed by atoms with Gasteiger partial charge in [0, 0.05) is 36.7 Å². The van der Waals surface area contributed by atoms with Crippen molar-refractivity contribution in [3.05, 3.63) is 76.5 Å². The minimum atomic E-state index is -0.388. The highest BCUT2D eigenvalue weighted by atomic mass is 19.1. The molecule has 2 aromatic heterocycles. The SMILES string of the molecule is CO[C@@H]1CCN(C(=O)c2ccc(-n3cc(-c4cc5cc(F)ccc5[nH]c4=O)nn3)cc2)C1. The Hall–Kier alpha value is -3.85. The Balaban J connectivity index is 1.39. The predicted molar refractivity (Wildman–Crippen MR) is 116 cm³/mol. The summed E-state index contributed by atoms with van der Waals surface area (Å²) in [7, 11) is 1.66. The molecule has 1 aliphatic heterocycles. The standard InChI is InChI=1S/C23H20FN5O3/c1-32-18-8-9-28(12-18)23(31)14-2-5-17(6-3-14)29-13-21(26-27-29)19-11-15-10-16(24)4-7-20(15)25-22(19)30/h2-7,10-11,13,18H,8-9,12H2,1H3,(H,25,30)/t18-/m1/s1. The van der Waals surface area contributed by atoms with Gasteiger partial charge in [0.05, 0.1) is 23.6 Å². The van der Waals surface area contributed by atoms with E-state index in [4.69, 9.17) is 4.74 Å². The molecule has 1 aliphatic rings. The van der Waals surface area contributed by atoms with E-state index in [0.29, 0.717) is 46.5 Å². The average molecular weight is 433 g/mol. The Bertz CT molecular complexity index is 1360. The van der Waals surface area contributed by atoms with Gasteiger partial charge in [-0.05, 0) is 55.0 Å². The number of likely N-dealkylation sites (tertiary alicyclic amines) is 1. The smallest absolute Gasteiger partial charge is 0.258 e. The maximum Gasteiger partial charge on any atom is 0.258 e. The second-order valence-electron chi connectivity index (χ2n) is 7.74. The average Bonchev–Trinajstić information content (AvgIpc) is 3.48. The number of aromatic amines is 1. The molecule has 0 unspecified atom stereocenters. The summed E-state index contributed by atoms with van der Waals surface area (Å²) >= 11 is 0. The number of rotatable bonds is 4. The third kappa shape index (κ3) is 3.67. The van der Waals surface area contributed by atoms with E-state index in [2.05, 4.69) is 15.3 Å². The number of fused-ring (bicyclic) bond motifs is 1. The van der Waals surface area contributed by atoms with Gasteiger partial charge in [0.25, 0.3) is 11.5 Å². The Morgan fingerprint density at radius 1 is 1.19 bits per heavy atom. The summed E-state index contributed by atoms with van der Waals surface area (Å²) in [5.41, 5.74) is 2.14. The molecule has 4 aromatic rings. The van der Waals surface area contributed by atoms with Crippen LogP contribution in [0.25, 0.3) is 27.8 Å². The number of amides is 1. The van der Waals surface area contributed by atoms with Gasteiger partial charge in [0.2, 0.25) is 0 Å². The molecular formula is C23H20FN5O3. The first-order valence-electron chi connectivity index (χ1n) is 10.2. The zero-order valence-corrected chi connectivity index (χ0v) is 17.3. The van der Waals surface area contributed by atoms with Crippen molar-refractivity contribution >= 4 is 16.8 Å². The summed E-state index contributed by atoms with van der Waals surface area (Å²) in [6, 6.07) is 12.8. The van der Waals surface area contributed by atoms with Crippen LogP contribution in [0, 0.1) is 5.82 Å². The highest BCUT2D eigenvalue weighted by Crippen LogP contribution is 2.20. The molecule has 3 heterocycles. The summed E-state index contributed by atoms with van der Waals surface area (Å²) < 4.78 is 20.4. The number of nitrogens with one attached hydrogen (secondary N) is 1. The van der Waals surface area contributed by atoms with Crippen molar-refractivity contribution < 1.29 is 13.9 Å². The van der Waals surface area contributed by atoms with Crippen molar-refractivity contribution in [2.45, 2.75) is 12.5 Å². The normalized spacial score (nSPS) is 16.1. The topological polar surface area (TPSA) is 93.1 Å². The second-order valence-corrected chi connectivity index (χ2v) is 7.74. The largest absolute Gasteiger partial charge is 0.380 e. The Morgan fingerprint density at radius 3 is 2.75 bits per heavy atom. The summed E-state index contributed by atoms with van der Waals surface area (Å²) in [4.78, 5) is 29.7. The van der Waals surface area contributed by atoms with Crippen LogP contribution >= 0.6 is 0 Å².